The molecule has 11 heteroatoms. The largest absolute Gasteiger partial charge is 0.466 e. The van der Waals surface area contributed by atoms with Crippen molar-refractivity contribution in [1.82, 2.24) is 5.32 Å². The Balaban J connectivity index is 1.72. The van der Waals surface area contributed by atoms with E-state index < -0.39 is 47.2 Å². The summed E-state index contributed by atoms with van der Waals surface area (Å²) >= 11 is 0. The fraction of sp³-hybridized carbons (Fsp3) is 0.455. The van der Waals surface area contributed by atoms with Crippen molar-refractivity contribution in [3.05, 3.63) is 62.5 Å². The third-order valence-electron chi connectivity index (χ3n) is 6.04. The summed E-state index contributed by atoms with van der Waals surface area (Å²) in [6.45, 7) is 3.45. The van der Waals surface area contributed by atoms with Gasteiger partial charge in [0.1, 0.15) is 18.3 Å². The molecule has 3 heterocycles. The molecule has 5 unspecified atom stereocenters. The van der Waals surface area contributed by atoms with Crippen molar-refractivity contribution in [1.29, 1.82) is 0 Å². The molecule has 176 valence electrons. The van der Waals surface area contributed by atoms with E-state index in [1.54, 1.807) is 19.9 Å². The zero-order valence-corrected chi connectivity index (χ0v) is 18.3. The van der Waals surface area contributed by atoms with Crippen LogP contribution in [0.1, 0.15) is 25.3 Å². The van der Waals surface area contributed by atoms with Crippen LogP contribution in [-0.4, -0.2) is 66.7 Å². The maximum Gasteiger partial charge on any atom is 0.337 e. The molecule has 1 aromatic rings. The summed E-state index contributed by atoms with van der Waals surface area (Å²) in [7, 11) is 1.22. The normalized spacial score (nSPS) is 28.9. The van der Waals surface area contributed by atoms with E-state index in [1.807, 2.05) is 0 Å². The molecule has 3 aliphatic heterocycles. The van der Waals surface area contributed by atoms with Crippen LogP contribution >= 0.6 is 0 Å². The zero-order valence-electron chi connectivity index (χ0n) is 18.3. The van der Waals surface area contributed by atoms with Crippen molar-refractivity contribution in [3.8, 4) is 0 Å². The summed E-state index contributed by atoms with van der Waals surface area (Å²) < 4.78 is 21.7. The van der Waals surface area contributed by atoms with Crippen LogP contribution in [0, 0.1) is 10.1 Å². The Kier molecular flexibility index (Phi) is 6.19. The quantitative estimate of drug-likeness (QED) is 0.372. The fourth-order valence-corrected chi connectivity index (χ4v) is 4.54. The number of rotatable bonds is 5. The van der Waals surface area contributed by atoms with Crippen molar-refractivity contribution in [3.63, 3.8) is 0 Å². The monoisotopic (exact) mass is 460 g/mol. The van der Waals surface area contributed by atoms with Crippen LogP contribution in [0.2, 0.25) is 0 Å². The average Bonchev–Trinajstić information content (AvgIpc) is 3.35. The van der Waals surface area contributed by atoms with Crippen LogP contribution in [0.25, 0.3) is 0 Å². The number of dihydropyridines is 1. The lowest BCUT2D eigenvalue weighted by Gasteiger charge is -2.31. The standard InChI is InChI=1S/C22H24N2O9/c1-10-16(21(26)30-3)18(12-5-4-6-13(7-12)24(28)29)17(11(2)23-10)22(27)33-15-9-32-19-14(25)8-31-20(15)19/h4-7,14-15,18-20,23,25H,8-9H2,1-3H3. The first-order valence-corrected chi connectivity index (χ1v) is 10.4. The van der Waals surface area contributed by atoms with Gasteiger partial charge < -0.3 is 29.4 Å². The summed E-state index contributed by atoms with van der Waals surface area (Å²) in [5.41, 5.74) is 1.33. The molecule has 0 aromatic heterocycles. The van der Waals surface area contributed by atoms with Crippen molar-refractivity contribution < 1.29 is 38.6 Å². The average molecular weight is 460 g/mol. The molecule has 0 aliphatic carbocycles. The number of fused-ring (bicyclic) bond motifs is 1. The van der Waals surface area contributed by atoms with Crippen molar-refractivity contribution in [2.75, 3.05) is 20.3 Å². The molecule has 0 bridgehead atoms. The van der Waals surface area contributed by atoms with E-state index in [4.69, 9.17) is 18.9 Å². The van der Waals surface area contributed by atoms with Crippen LogP contribution in [0.4, 0.5) is 5.69 Å². The number of carbonyl (C=O) groups is 2. The highest BCUT2D eigenvalue weighted by Gasteiger charge is 2.50. The number of carbonyl (C=O) groups excluding carboxylic acids is 2. The number of methoxy groups -OCH3 is 1. The number of benzene rings is 1. The number of esters is 2. The molecule has 0 radical (unpaired) electrons. The molecule has 3 aliphatic rings. The lowest BCUT2D eigenvalue weighted by atomic mass is 9.80. The van der Waals surface area contributed by atoms with Gasteiger partial charge in [0.15, 0.2) is 6.10 Å². The summed E-state index contributed by atoms with van der Waals surface area (Å²) in [6, 6.07) is 5.73. The SMILES string of the molecule is COC(=O)C1=C(C)NC(C)=C(C(=O)OC2COC3C(O)COC23)C1c1cccc([N+](=O)[O-])c1. The Hall–Kier alpha value is -3.28. The highest BCUT2D eigenvalue weighted by atomic mass is 16.6. The van der Waals surface area contributed by atoms with Crippen LogP contribution in [-0.2, 0) is 28.5 Å². The predicted octanol–water partition coefficient (Wildman–Crippen LogP) is 1.07. The number of allylic oxidation sites excluding steroid dienone is 2. The minimum absolute atomic E-state index is 0.0537. The second-order valence-corrected chi connectivity index (χ2v) is 8.09. The predicted molar refractivity (Wildman–Crippen MR) is 112 cm³/mol. The van der Waals surface area contributed by atoms with Gasteiger partial charge in [0, 0.05) is 23.5 Å². The van der Waals surface area contributed by atoms with Gasteiger partial charge in [-0.25, -0.2) is 9.59 Å². The molecule has 0 amide bonds. The summed E-state index contributed by atoms with van der Waals surface area (Å²) in [5, 5.41) is 24.3. The van der Waals surface area contributed by atoms with Gasteiger partial charge in [0.2, 0.25) is 0 Å². The Morgan fingerprint density at radius 1 is 1.12 bits per heavy atom. The molecular formula is C22H24N2O9. The molecule has 0 spiro atoms. The van der Waals surface area contributed by atoms with Crippen molar-refractivity contribution >= 4 is 17.6 Å². The Morgan fingerprint density at radius 3 is 2.45 bits per heavy atom. The van der Waals surface area contributed by atoms with Crippen molar-refractivity contribution in [2.45, 2.75) is 44.2 Å². The zero-order chi connectivity index (χ0) is 23.9. The number of aliphatic hydroxyl groups is 1. The molecule has 11 nitrogen and oxygen atoms in total. The highest BCUT2D eigenvalue weighted by Crippen LogP contribution is 2.41. The number of nitro groups is 1. The highest BCUT2D eigenvalue weighted by molar-refractivity contribution is 6.00. The second kappa shape index (κ2) is 8.93. The van der Waals surface area contributed by atoms with E-state index >= 15 is 0 Å². The number of non-ortho nitro benzene ring substituents is 1. The fourth-order valence-electron chi connectivity index (χ4n) is 4.54. The Morgan fingerprint density at radius 2 is 1.79 bits per heavy atom. The minimum Gasteiger partial charge on any atom is -0.466 e. The number of nitrogens with one attached hydrogen (secondary N) is 1. The topological polar surface area (TPSA) is 146 Å². The van der Waals surface area contributed by atoms with E-state index in [2.05, 4.69) is 5.32 Å². The molecule has 1 aromatic carbocycles. The smallest absolute Gasteiger partial charge is 0.337 e. The number of ether oxygens (including phenoxy) is 4. The van der Waals surface area contributed by atoms with Crippen LogP contribution < -0.4 is 5.32 Å². The van der Waals surface area contributed by atoms with Gasteiger partial charge in [0.05, 0.1) is 42.3 Å². The molecule has 2 fully saturated rings. The van der Waals surface area contributed by atoms with Gasteiger partial charge in [-0.1, -0.05) is 12.1 Å². The van der Waals surface area contributed by atoms with E-state index in [0.717, 1.165) is 0 Å². The molecule has 33 heavy (non-hydrogen) atoms. The van der Waals surface area contributed by atoms with Gasteiger partial charge in [-0.15, -0.1) is 0 Å². The second-order valence-electron chi connectivity index (χ2n) is 8.09. The summed E-state index contributed by atoms with van der Waals surface area (Å²) in [4.78, 5) is 36.9. The molecule has 5 atom stereocenters. The number of hydrogen-bond acceptors (Lipinski definition) is 10. The first kappa shape index (κ1) is 22.9. The first-order chi connectivity index (χ1) is 15.7. The van der Waals surface area contributed by atoms with Gasteiger partial charge in [0.25, 0.3) is 5.69 Å². The van der Waals surface area contributed by atoms with Crippen LogP contribution in [0.15, 0.2) is 46.8 Å². The van der Waals surface area contributed by atoms with Crippen LogP contribution in [0.5, 0.6) is 0 Å². The number of nitro benzene ring substituents is 1. The third-order valence-corrected chi connectivity index (χ3v) is 6.04. The van der Waals surface area contributed by atoms with E-state index in [-0.39, 0.29) is 30.0 Å². The number of nitrogens with zero attached hydrogens (tertiary/aromatic N) is 1. The van der Waals surface area contributed by atoms with Gasteiger partial charge in [-0.3, -0.25) is 10.1 Å². The number of hydrogen-bond donors (Lipinski definition) is 2. The van der Waals surface area contributed by atoms with Gasteiger partial charge in [-0.05, 0) is 19.4 Å². The summed E-state index contributed by atoms with van der Waals surface area (Å²) in [5.74, 6) is -2.37. The maximum absolute atomic E-state index is 13.4. The molecule has 4 rings (SSSR count). The Bertz CT molecular complexity index is 1060. The first-order valence-electron chi connectivity index (χ1n) is 10.4. The molecule has 2 saturated heterocycles. The van der Waals surface area contributed by atoms with Crippen molar-refractivity contribution in [2.24, 2.45) is 0 Å². The molecule has 0 saturated carbocycles. The maximum atomic E-state index is 13.4. The van der Waals surface area contributed by atoms with E-state index in [9.17, 15) is 24.8 Å². The third kappa shape index (κ3) is 4.10. The van der Waals surface area contributed by atoms with E-state index in [1.165, 1.54) is 25.3 Å². The number of aliphatic hydroxyl groups excluding tert-OH is 1. The van der Waals surface area contributed by atoms with Gasteiger partial charge >= 0.3 is 11.9 Å². The van der Waals surface area contributed by atoms with Crippen LogP contribution in [0.3, 0.4) is 0 Å². The molecule has 2 N–H and O–H groups in total. The van der Waals surface area contributed by atoms with Gasteiger partial charge in [-0.2, -0.15) is 0 Å². The van der Waals surface area contributed by atoms with E-state index in [0.29, 0.717) is 17.0 Å². The minimum atomic E-state index is -0.959. The lowest BCUT2D eigenvalue weighted by molar-refractivity contribution is -0.384. The summed E-state index contributed by atoms with van der Waals surface area (Å²) in [6.07, 6.45) is -2.73. The Labute approximate surface area is 189 Å². The lowest BCUT2D eigenvalue weighted by Crippen LogP contribution is -2.37. The molecular weight excluding hydrogens is 436 g/mol.